The number of aryl methyl sites for hydroxylation is 1. The van der Waals surface area contributed by atoms with Crippen molar-refractivity contribution in [3.8, 4) is 0 Å². The lowest BCUT2D eigenvalue weighted by atomic mass is 10.5. The highest BCUT2D eigenvalue weighted by Crippen LogP contribution is 2.08. The average molecular weight is 148 g/mol. The number of nitrogen functional groups attached to an aromatic ring is 1. The van der Waals surface area contributed by atoms with Crippen LogP contribution in [-0.2, 0) is 0 Å². The van der Waals surface area contributed by atoms with Crippen molar-refractivity contribution in [2.75, 3.05) is 5.73 Å². The number of rotatable bonds is 0. The van der Waals surface area contributed by atoms with E-state index < -0.39 is 0 Å². The molecule has 2 aromatic rings. The summed E-state index contributed by atoms with van der Waals surface area (Å²) < 4.78 is 1.81. The van der Waals surface area contributed by atoms with Crippen molar-refractivity contribution in [2.24, 2.45) is 0 Å². The van der Waals surface area contributed by atoms with E-state index in [1.54, 1.807) is 16.8 Å². The minimum Gasteiger partial charge on any atom is -0.369 e. The molecule has 2 aromatic heterocycles. The second kappa shape index (κ2) is 1.95. The third kappa shape index (κ3) is 0.756. The van der Waals surface area contributed by atoms with Crippen molar-refractivity contribution in [3.63, 3.8) is 0 Å². The summed E-state index contributed by atoms with van der Waals surface area (Å²) in [6.07, 6.45) is 3.44. The SMILES string of the molecule is Cc1ncc2ccnc(N)n12. The number of imidazole rings is 1. The van der Waals surface area contributed by atoms with Crippen LogP contribution in [0.4, 0.5) is 5.95 Å². The first kappa shape index (κ1) is 6.15. The molecule has 0 aliphatic rings. The minimum atomic E-state index is 0.484. The van der Waals surface area contributed by atoms with Crippen molar-refractivity contribution in [1.82, 2.24) is 14.4 Å². The number of hydrogen-bond donors (Lipinski definition) is 1. The fraction of sp³-hybridized carbons (Fsp3) is 0.143. The molecular weight excluding hydrogens is 140 g/mol. The van der Waals surface area contributed by atoms with E-state index in [1.807, 2.05) is 13.0 Å². The molecule has 0 saturated heterocycles. The summed E-state index contributed by atoms with van der Waals surface area (Å²) in [4.78, 5) is 8.04. The molecule has 0 fully saturated rings. The van der Waals surface area contributed by atoms with E-state index in [-0.39, 0.29) is 0 Å². The first-order chi connectivity index (χ1) is 5.29. The Bertz CT molecular complexity index is 390. The smallest absolute Gasteiger partial charge is 0.206 e. The summed E-state index contributed by atoms with van der Waals surface area (Å²) in [5.41, 5.74) is 6.59. The van der Waals surface area contributed by atoms with Gasteiger partial charge in [0.25, 0.3) is 0 Å². The Morgan fingerprint density at radius 2 is 2.27 bits per heavy atom. The van der Waals surface area contributed by atoms with Crippen molar-refractivity contribution >= 4 is 11.5 Å². The summed E-state index contributed by atoms with van der Waals surface area (Å²) in [6, 6.07) is 1.87. The quantitative estimate of drug-likeness (QED) is 0.595. The Labute approximate surface area is 63.7 Å². The Balaban J connectivity index is 2.96. The highest BCUT2D eigenvalue weighted by atomic mass is 15.1. The lowest BCUT2D eigenvalue weighted by Gasteiger charge is -1.98. The van der Waals surface area contributed by atoms with Crippen LogP contribution in [0.5, 0.6) is 0 Å². The number of nitrogens with two attached hydrogens (primary N) is 1. The van der Waals surface area contributed by atoms with Gasteiger partial charge in [-0.3, -0.25) is 4.40 Å². The molecule has 2 rings (SSSR count). The van der Waals surface area contributed by atoms with E-state index in [1.165, 1.54) is 0 Å². The maximum absolute atomic E-state index is 5.61. The lowest BCUT2D eigenvalue weighted by molar-refractivity contribution is 1.02. The monoisotopic (exact) mass is 148 g/mol. The largest absolute Gasteiger partial charge is 0.369 e. The van der Waals surface area contributed by atoms with Crippen LogP contribution >= 0.6 is 0 Å². The summed E-state index contributed by atoms with van der Waals surface area (Å²) in [5, 5.41) is 0. The average Bonchev–Trinajstić information content (AvgIpc) is 2.34. The Hall–Kier alpha value is -1.58. The van der Waals surface area contributed by atoms with Crippen LogP contribution in [0.15, 0.2) is 18.5 Å². The molecule has 0 atom stereocenters. The third-order valence-electron chi connectivity index (χ3n) is 1.65. The molecule has 0 spiro atoms. The van der Waals surface area contributed by atoms with Gasteiger partial charge in [-0.05, 0) is 13.0 Å². The molecule has 0 aliphatic heterocycles. The Morgan fingerprint density at radius 1 is 1.45 bits per heavy atom. The fourth-order valence-electron chi connectivity index (χ4n) is 1.13. The Morgan fingerprint density at radius 3 is 3.00 bits per heavy atom. The maximum atomic E-state index is 5.61. The highest BCUT2D eigenvalue weighted by molar-refractivity contribution is 5.49. The molecule has 11 heavy (non-hydrogen) atoms. The van der Waals surface area contributed by atoms with E-state index in [0.717, 1.165) is 11.3 Å². The molecule has 4 nitrogen and oxygen atoms in total. The van der Waals surface area contributed by atoms with Gasteiger partial charge in [0, 0.05) is 6.20 Å². The summed E-state index contributed by atoms with van der Waals surface area (Å²) in [7, 11) is 0. The van der Waals surface area contributed by atoms with Crippen LogP contribution in [0.2, 0.25) is 0 Å². The molecule has 0 amide bonds. The number of nitrogens with zero attached hydrogens (tertiary/aromatic N) is 3. The predicted molar refractivity (Wildman–Crippen MR) is 42.1 cm³/mol. The van der Waals surface area contributed by atoms with E-state index >= 15 is 0 Å². The van der Waals surface area contributed by atoms with Crippen LogP contribution in [0.3, 0.4) is 0 Å². The standard InChI is InChI=1S/C7H8N4/c1-5-10-4-6-2-3-9-7(8)11(5)6/h2-4H,1H3,(H2,8,9). The second-order valence-electron chi connectivity index (χ2n) is 2.37. The molecule has 0 aromatic carbocycles. The zero-order chi connectivity index (χ0) is 7.84. The van der Waals surface area contributed by atoms with Gasteiger partial charge in [0.15, 0.2) is 0 Å². The van der Waals surface area contributed by atoms with Gasteiger partial charge in [0.1, 0.15) is 5.82 Å². The Kier molecular flexibility index (Phi) is 1.09. The van der Waals surface area contributed by atoms with E-state index in [2.05, 4.69) is 9.97 Å². The highest BCUT2D eigenvalue weighted by Gasteiger charge is 2.00. The van der Waals surface area contributed by atoms with Gasteiger partial charge in [-0.1, -0.05) is 0 Å². The zero-order valence-corrected chi connectivity index (χ0v) is 6.15. The van der Waals surface area contributed by atoms with Crippen molar-refractivity contribution in [3.05, 3.63) is 24.3 Å². The normalized spacial score (nSPS) is 10.6. The number of anilines is 1. The van der Waals surface area contributed by atoms with Gasteiger partial charge in [0.05, 0.1) is 11.7 Å². The van der Waals surface area contributed by atoms with Crippen LogP contribution in [0.25, 0.3) is 5.52 Å². The van der Waals surface area contributed by atoms with Gasteiger partial charge < -0.3 is 5.73 Å². The summed E-state index contributed by atoms with van der Waals surface area (Å²) in [5.74, 6) is 1.35. The zero-order valence-electron chi connectivity index (χ0n) is 6.15. The lowest BCUT2D eigenvalue weighted by Crippen LogP contribution is -2.00. The molecule has 0 saturated carbocycles. The van der Waals surface area contributed by atoms with Crippen molar-refractivity contribution in [1.29, 1.82) is 0 Å². The van der Waals surface area contributed by atoms with Gasteiger partial charge in [-0.2, -0.15) is 0 Å². The number of aromatic nitrogens is 3. The van der Waals surface area contributed by atoms with Crippen LogP contribution < -0.4 is 5.73 Å². The van der Waals surface area contributed by atoms with Crippen LogP contribution in [0.1, 0.15) is 5.82 Å². The molecule has 0 bridgehead atoms. The first-order valence-corrected chi connectivity index (χ1v) is 3.33. The number of fused-ring (bicyclic) bond motifs is 1. The van der Waals surface area contributed by atoms with E-state index in [4.69, 9.17) is 5.73 Å². The molecule has 0 aliphatic carbocycles. The van der Waals surface area contributed by atoms with Crippen LogP contribution in [0, 0.1) is 6.92 Å². The first-order valence-electron chi connectivity index (χ1n) is 3.33. The van der Waals surface area contributed by atoms with Gasteiger partial charge in [0.2, 0.25) is 5.95 Å². The predicted octanol–water partition coefficient (Wildman–Crippen LogP) is 0.620. The van der Waals surface area contributed by atoms with Gasteiger partial charge >= 0.3 is 0 Å². The van der Waals surface area contributed by atoms with E-state index in [9.17, 15) is 0 Å². The number of hydrogen-bond acceptors (Lipinski definition) is 3. The molecule has 0 radical (unpaired) electrons. The summed E-state index contributed by atoms with van der Waals surface area (Å²) in [6.45, 7) is 1.89. The van der Waals surface area contributed by atoms with Crippen molar-refractivity contribution < 1.29 is 0 Å². The molecular formula is C7H8N4. The minimum absolute atomic E-state index is 0.484. The van der Waals surface area contributed by atoms with Crippen LogP contribution in [-0.4, -0.2) is 14.4 Å². The second-order valence-corrected chi connectivity index (χ2v) is 2.37. The maximum Gasteiger partial charge on any atom is 0.206 e. The molecule has 56 valence electrons. The van der Waals surface area contributed by atoms with E-state index in [0.29, 0.717) is 5.95 Å². The fourth-order valence-corrected chi connectivity index (χ4v) is 1.13. The van der Waals surface area contributed by atoms with Gasteiger partial charge in [-0.25, -0.2) is 9.97 Å². The third-order valence-corrected chi connectivity index (χ3v) is 1.65. The van der Waals surface area contributed by atoms with Crippen molar-refractivity contribution in [2.45, 2.75) is 6.92 Å². The molecule has 0 unspecified atom stereocenters. The summed E-state index contributed by atoms with van der Waals surface area (Å²) >= 11 is 0. The van der Waals surface area contributed by atoms with Gasteiger partial charge in [-0.15, -0.1) is 0 Å². The topological polar surface area (TPSA) is 56.2 Å². The molecule has 2 N–H and O–H groups in total. The molecule has 2 heterocycles. The molecule has 4 heteroatoms.